The smallest absolute Gasteiger partial charge is 0.0806 e. The molecule has 0 aromatic rings. The monoisotopic (exact) mass is 172 g/mol. The zero-order chi connectivity index (χ0) is 9.78. The number of quaternary nitrogens is 1. The van der Waals surface area contributed by atoms with Gasteiger partial charge < -0.3 is 4.48 Å². The molecular formula is C11H26N+. The molecule has 0 bridgehead atoms. The van der Waals surface area contributed by atoms with E-state index in [2.05, 4.69) is 41.9 Å². The lowest BCUT2D eigenvalue weighted by Crippen LogP contribution is -2.38. The Bertz CT molecular complexity index is 113. The summed E-state index contributed by atoms with van der Waals surface area (Å²) in [4.78, 5) is 0. The lowest BCUT2D eigenvalue weighted by Gasteiger charge is -2.28. The summed E-state index contributed by atoms with van der Waals surface area (Å²) in [7, 11) is 6.81. The van der Waals surface area contributed by atoms with E-state index in [0.717, 1.165) is 16.3 Å². The van der Waals surface area contributed by atoms with E-state index in [9.17, 15) is 0 Å². The molecule has 2 unspecified atom stereocenters. The Kier molecular flexibility index (Phi) is 4.84. The van der Waals surface area contributed by atoms with Crippen molar-refractivity contribution in [2.45, 2.75) is 33.6 Å². The van der Waals surface area contributed by atoms with Gasteiger partial charge in [0, 0.05) is 5.92 Å². The third kappa shape index (κ3) is 6.66. The summed E-state index contributed by atoms with van der Waals surface area (Å²) in [6.45, 7) is 8.30. The molecule has 0 aliphatic rings. The molecule has 0 spiro atoms. The highest BCUT2D eigenvalue weighted by Crippen LogP contribution is 2.16. The topological polar surface area (TPSA) is 0 Å². The number of hydrogen-bond acceptors (Lipinski definition) is 0. The highest BCUT2D eigenvalue weighted by molar-refractivity contribution is 4.57. The van der Waals surface area contributed by atoms with Gasteiger partial charge in [0.05, 0.1) is 27.7 Å². The van der Waals surface area contributed by atoms with Crippen LogP contribution < -0.4 is 0 Å². The molecule has 0 fully saturated rings. The molecule has 0 aromatic heterocycles. The minimum absolute atomic E-state index is 0.861. The number of rotatable bonds is 5. The quantitative estimate of drug-likeness (QED) is 0.559. The maximum Gasteiger partial charge on any atom is 0.0806 e. The lowest BCUT2D eigenvalue weighted by molar-refractivity contribution is -0.873. The van der Waals surface area contributed by atoms with E-state index in [4.69, 9.17) is 0 Å². The van der Waals surface area contributed by atoms with Crippen LogP contribution in [0.1, 0.15) is 33.6 Å². The summed E-state index contributed by atoms with van der Waals surface area (Å²) in [5.41, 5.74) is 0. The second kappa shape index (κ2) is 4.86. The summed E-state index contributed by atoms with van der Waals surface area (Å²) in [5.74, 6) is 1.76. The molecule has 74 valence electrons. The molecule has 0 radical (unpaired) electrons. The average Bonchev–Trinajstić information content (AvgIpc) is 1.82. The summed E-state index contributed by atoms with van der Waals surface area (Å²) in [6.07, 6.45) is 2.70. The van der Waals surface area contributed by atoms with Crippen LogP contribution in [-0.4, -0.2) is 32.2 Å². The van der Waals surface area contributed by atoms with Crippen molar-refractivity contribution in [3.05, 3.63) is 0 Å². The van der Waals surface area contributed by atoms with Crippen molar-refractivity contribution in [3.63, 3.8) is 0 Å². The van der Waals surface area contributed by atoms with Crippen LogP contribution in [0.5, 0.6) is 0 Å². The standard InChI is InChI=1S/C11H26N/c1-7-10(2)8-11(3)9-12(4,5)6/h10-11H,7-9H2,1-6H3/q+1. The fourth-order valence-corrected chi connectivity index (χ4v) is 1.86. The fourth-order valence-electron chi connectivity index (χ4n) is 1.86. The first-order valence-corrected chi connectivity index (χ1v) is 5.15. The third-order valence-electron chi connectivity index (χ3n) is 2.36. The summed E-state index contributed by atoms with van der Waals surface area (Å²) in [5, 5.41) is 0. The number of hydrogen-bond donors (Lipinski definition) is 0. The third-order valence-corrected chi connectivity index (χ3v) is 2.36. The molecule has 12 heavy (non-hydrogen) atoms. The van der Waals surface area contributed by atoms with Crippen LogP contribution in [0.15, 0.2) is 0 Å². The summed E-state index contributed by atoms with van der Waals surface area (Å²) >= 11 is 0. The van der Waals surface area contributed by atoms with Gasteiger partial charge in [0.25, 0.3) is 0 Å². The maximum absolute atomic E-state index is 2.37. The van der Waals surface area contributed by atoms with Gasteiger partial charge in [-0.05, 0) is 12.3 Å². The fraction of sp³-hybridized carbons (Fsp3) is 1.00. The van der Waals surface area contributed by atoms with Gasteiger partial charge in [-0.1, -0.05) is 27.2 Å². The molecule has 0 saturated heterocycles. The van der Waals surface area contributed by atoms with Gasteiger partial charge in [-0.25, -0.2) is 0 Å². The highest BCUT2D eigenvalue weighted by Gasteiger charge is 2.15. The van der Waals surface area contributed by atoms with E-state index >= 15 is 0 Å². The van der Waals surface area contributed by atoms with Crippen LogP contribution >= 0.6 is 0 Å². The van der Waals surface area contributed by atoms with Crippen molar-refractivity contribution in [3.8, 4) is 0 Å². The minimum Gasteiger partial charge on any atom is -0.331 e. The van der Waals surface area contributed by atoms with E-state index in [1.54, 1.807) is 0 Å². The molecule has 0 heterocycles. The molecule has 0 rings (SSSR count). The van der Waals surface area contributed by atoms with Gasteiger partial charge in [0.2, 0.25) is 0 Å². The van der Waals surface area contributed by atoms with Crippen LogP contribution in [0.4, 0.5) is 0 Å². The Morgan fingerprint density at radius 1 is 1.00 bits per heavy atom. The normalized spacial score (nSPS) is 17.5. The second-order valence-corrected chi connectivity index (χ2v) is 5.33. The van der Waals surface area contributed by atoms with Gasteiger partial charge in [0.1, 0.15) is 0 Å². The van der Waals surface area contributed by atoms with E-state index < -0.39 is 0 Å². The second-order valence-electron chi connectivity index (χ2n) is 5.33. The van der Waals surface area contributed by atoms with Crippen LogP contribution in [0.25, 0.3) is 0 Å². The van der Waals surface area contributed by atoms with Gasteiger partial charge >= 0.3 is 0 Å². The first kappa shape index (κ1) is 12.0. The average molecular weight is 172 g/mol. The van der Waals surface area contributed by atoms with Gasteiger partial charge in [-0.3, -0.25) is 0 Å². The van der Waals surface area contributed by atoms with Crippen molar-refractivity contribution in [1.29, 1.82) is 0 Å². The molecular weight excluding hydrogens is 146 g/mol. The van der Waals surface area contributed by atoms with Crippen LogP contribution in [0.2, 0.25) is 0 Å². The van der Waals surface area contributed by atoms with Crippen LogP contribution in [0.3, 0.4) is 0 Å². The van der Waals surface area contributed by atoms with Crippen molar-refractivity contribution < 1.29 is 4.48 Å². The SMILES string of the molecule is CCC(C)CC(C)C[N+](C)(C)C. The van der Waals surface area contributed by atoms with E-state index in [1.165, 1.54) is 19.4 Å². The zero-order valence-corrected chi connectivity index (χ0v) is 9.72. The summed E-state index contributed by atoms with van der Waals surface area (Å²) in [6, 6.07) is 0. The first-order valence-electron chi connectivity index (χ1n) is 5.15. The molecule has 0 aromatic carbocycles. The Labute approximate surface area is 78.4 Å². The molecule has 2 atom stereocenters. The van der Waals surface area contributed by atoms with Crippen molar-refractivity contribution >= 4 is 0 Å². The van der Waals surface area contributed by atoms with Crippen molar-refractivity contribution in [1.82, 2.24) is 0 Å². The molecule has 0 amide bonds. The van der Waals surface area contributed by atoms with E-state index in [0.29, 0.717) is 0 Å². The molecule has 0 N–H and O–H groups in total. The Morgan fingerprint density at radius 3 is 1.83 bits per heavy atom. The first-order chi connectivity index (χ1) is 5.35. The predicted octanol–water partition coefficient (Wildman–Crippen LogP) is 2.76. The maximum atomic E-state index is 2.37. The van der Waals surface area contributed by atoms with Gasteiger partial charge in [-0.15, -0.1) is 0 Å². The van der Waals surface area contributed by atoms with Gasteiger partial charge in [0.15, 0.2) is 0 Å². The Balaban J connectivity index is 3.66. The van der Waals surface area contributed by atoms with E-state index in [-0.39, 0.29) is 0 Å². The predicted molar refractivity (Wildman–Crippen MR) is 56.1 cm³/mol. The zero-order valence-electron chi connectivity index (χ0n) is 9.72. The molecule has 0 aliphatic carbocycles. The summed E-state index contributed by atoms with van der Waals surface area (Å²) < 4.78 is 1.09. The minimum atomic E-state index is 0.861. The molecule has 0 saturated carbocycles. The highest BCUT2D eigenvalue weighted by atomic mass is 15.3. The number of nitrogens with zero attached hydrogens (tertiary/aromatic N) is 1. The Hall–Kier alpha value is -0.0400. The molecule has 1 heteroatoms. The van der Waals surface area contributed by atoms with E-state index in [1.807, 2.05) is 0 Å². The van der Waals surface area contributed by atoms with Crippen molar-refractivity contribution in [2.75, 3.05) is 27.7 Å². The largest absolute Gasteiger partial charge is 0.331 e. The molecule has 0 aliphatic heterocycles. The lowest BCUT2D eigenvalue weighted by atomic mass is 9.95. The molecule has 1 nitrogen and oxygen atoms in total. The van der Waals surface area contributed by atoms with Gasteiger partial charge in [-0.2, -0.15) is 0 Å². The Morgan fingerprint density at radius 2 is 1.50 bits per heavy atom. The van der Waals surface area contributed by atoms with Crippen LogP contribution in [0, 0.1) is 11.8 Å². The van der Waals surface area contributed by atoms with Crippen molar-refractivity contribution in [2.24, 2.45) is 11.8 Å². The van der Waals surface area contributed by atoms with Crippen LogP contribution in [-0.2, 0) is 0 Å².